The Balaban J connectivity index is 2.26. The summed E-state index contributed by atoms with van der Waals surface area (Å²) in [6, 6.07) is 12.7. The molecule has 0 aliphatic carbocycles. The zero-order valence-corrected chi connectivity index (χ0v) is 11.6. The molecule has 2 aromatic rings. The summed E-state index contributed by atoms with van der Waals surface area (Å²) in [5.41, 5.74) is 8.43. The Labute approximate surface area is 118 Å². The van der Waals surface area contributed by atoms with Crippen LogP contribution in [0, 0.1) is 0 Å². The highest BCUT2D eigenvalue weighted by Crippen LogP contribution is 2.25. The van der Waals surface area contributed by atoms with Gasteiger partial charge >= 0.3 is 0 Å². The van der Waals surface area contributed by atoms with Crippen LogP contribution < -0.4 is 10.6 Å². The molecule has 2 aromatic carbocycles. The van der Waals surface area contributed by atoms with E-state index in [9.17, 15) is 5.11 Å². The summed E-state index contributed by atoms with van der Waals surface area (Å²) >= 11 is 6.18. The summed E-state index contributed by atoms with van der Waals surface area (Å²) in [5.74, 6) is 0.259. The fraction of sp³-hybridized carbons (Fsp3) is 0.200. The van der Waals surface area contributed by atoms with Gasteiger partial charge in [-0.2, -0.15) is 0 Å². The molecule has 0 saturated heterocycles. The van der Waals surface area contributed by atoms with Crippen molar-refractivity contribution in [2.24, 2.45) is 0 Å². The molecule has 19 heavy (non-hydrogen) atoms. The molecule has 4 heteroatoms. The number of rotatable bonds is 4. The van der Waals surface area contributed by atoms with Crippen molar-refractivity contribution < 1.29 is 5.11 Å². The third-order valence-corrected chi connectivity index (χ3v) is 3.38. The topological polar surface area (TPSA) is 49.5 Å². The van der Waals surface area contributed by atoms with Gasteiger partial charge in [0.15, 0.2) is 0 Å². The minimum atomic E-state index is 0.259. The SMILES string of the molecule is CCN(Cc1cc(N)ccc1Cl)c1cccc(O)c1. The third-order valence-electron chi connectivity index (χ3n) is 3.01. The molecule has 100 valence electrons. The molecular formula is C15H17ClN2O. The Morgan fingerprint density at radius 3 is 2.68 bits per heavy atom. The minimum absolute atomic E-state index is 0.259. The quantitative estimate of drug-likeness (QED) is 0.838. The smallest absolute Gasteiger partial charge is 0.117 e. The number of hydrogen-bond donors (Lipinski definition) is 2. The van der Waals surface area contributed by atoms with Crippen molar-refractivity contribution in [3.63, 3.8) is 0 Å². The van der Waals surface area contributed by atoms with E-state index < -0.39 is 0 Å². The molecule has 3 N–H and O–H groups in total. The van der Waals surface area contributed by atoms with Crippen molar-refractivity contribution in [2.75, 3.05) is 17.2 Å². The van der Waals surface area contributed by atoms with Gasteiger partial charge in [-0.25, -0.2) is 0 Å². The molecule has 0 atom stereocenters. The van der Waals surface area contributed by atoms with Gasteiger partial charge < -0.3 is 15.7 Å². The Morgan fingerprint density at radius 1 is 1.21 bits per heavy atom. The molecule has 0 aliphatic heterocycles. The number of aromatic hydroxyl groups is 1. The molecule has 3 nitrogen and oxygen atoms in total. The first-order valence-corrected chi connectivity index (χ1v) is 6.56. The number of halogens is 1. The van der Waals surface area contributed by atoms with E-state index in [1.807, 2.05) is 24.3 Å². The normalized spacial score (nSPS) is 10.4. The zero-order valence-electron chi connectivity index (χ0n) is 10.8. The summed E-state index contributed by atoms with van der Waals surface area (Å²) in [4.78, 5) is 2.13. The van der Waals surface area contributed by atoms with Gasteiger partial charge in [-0.15, -0.1) is 0 Å². The lowest BCUT2D eigenvalue weighted by Crippen LogP contribution is -2.22. The van der Waals surface area contributed by atoms with Crippen molar-refractivity contribution in [3.05, 3.63) is 53.1 Å². The number of nitrogens with two attached hydrogens (primary N) is 1. The number of benzene rings is 2. The highest BCUT2D eigenvalue weighted by atomic mass is 35.5. The lowest BCUT2D eigenvalue weighted by molar-refractivity contribution is 0.475. The van der Waals surface area contributed by atoms with Crippen LogP contribution in [0.4, 0.5) is 11.4 Å². The van der Waals surface area contributed by atoms with Gasteiger partial charge in [0.2, 0.25) is 0 Å². The lowest BCUT2D eigenvalue weighted by Gasteiger charge is -2.24. The Bertz CT molecular complexity index is 572. The van der Waals surface area contributed by atoms with Crippen LogP contribution >= 0.6 is 11.6 Å². The van der Waals surface area contributed by atoms with Crippen molar-refractivity contribution >= 4 is 23.0 Å². The Hall–Kier alpha value is -1.87. The van der Waals surface area contributed by atoms with Gasteiger partial charge in [0.1, 0.15) is 5.75 Å². The van der Waals surface area contributed by atoms with Gasteiger partial charge in [-0.1, -0.05) is 17.7 Å². The van der Waals surface area contributed by atoms with Gasteiger partial charge in [-0.05, 0) is 42.8 Å². The average molecular weight is 277 g/mol. The molecule has 0 amide bonds. The van der Waals surface area contributed by atoms with Crippen molar-refractivity contribution in [1.82, 2.24) is 0 Å². The summed E-state index contributed by atoms with van der Waals surface area (Å²) in [6.07, 6.45) is 0. The van der Waals surface area contributed by atoms with E-state index in [-0.39, 0.29) is 5.75 Å². The number of anilines is 2. The van der Waals surface area contributed by atoms with Gasteiger partial charge in [0.05, 0.1) is 0 Å². The van der Waals surface area contributed by atoms with Crippen LogP contribution in [0.5, 0.6) is 5.75 Å². The van der Waals surface area contributed by atoms with E-state index >= 15 is 0 Å². The van der Waals surface area contributed by atoms with E-state index in [0.29, 0.717) is 17.3 Å². The van der Waals surface area contributed by atoms with Crippen LogP contribution in [-0.4, -0.2) is 11.7 Å². The molecule has 0 aromatic heterocycles. The molecule has 0 spiro atoms. The van der Waals surface area contributed by atoms with Gasteiger partial charge in [-0.3, -0.25) is 0 Å². The molecule has 2 rings (SSSR count). The first-order chi connectivity index (χ1) is 9.10. The van der Waals surface area contributed by atoms with Crippen LogP contribution in [0.15, 0.2) is 42.5 Å². The molecule has 0 fully saturated rings. The second-order valence-corrected chi connectivity index (χ2v) is 4.79. The van der Waals surface area contributed by atoms with E-state index in [4.69, 9.17) is 17.3 Å². The second-order valence-electron chi connectivity index (χ2n) is 4.38. The number of hydrogen-bond acceptors (Lipinski definition) is 3. The maximum Gasteiger partial charge on any atom is 0.117 e. The monoisotopic (exact) mass is 276 g/mol. The first-order valence-electron chi connectivity index (χ1n) is 6.18. The largest absolute Gasteiger partial charge is 0.508 e. The fourth-order valence-electron chi connectivity index (χ4n) is 2.00. The van der Waals surface area contributed by atoms with Crippen molar-refractivity contribution in [2.45, 2.75) is 13.5 Å². The van der Waals surface area contributed by atoms with E-state index in [1.165, 1.54) is 0 Å². The molecule has 0 bridgehead atoms. The number of phenolic OH excluding ortho intramolecular Hbond substituents is 1. The predicted molar refractivity (Wildman–Crippen MR) is 80.7 cm³/mol. The van der Waals surface area contributed by atoms with E-state index in [2.05, 4.69) is 11.8 Å². The summed E-state index contributed by atoms with van der Waals surface area (Å²) in [7, 11) is 0. The van der Waals surface area contributed by atoms with Crippen LogP contribution in [0.2, 0.25) is 5.02 Å². The molecular weight excluding hydrogens is 260 g/mol. The molecule has 0 aliphatic rings. The maximum absolute atomic E-state index is 9.55. The van der Waals surface area contributed by atoms with Gasteiger partial charge in [0, 0.05) is 35.6 Å². The van der Waals surface area contributed by atoms with Crippen LogP contribution in [0.25, 0.3) is 0 Å². The summed E-state index contributed by atoms with van der Waals surface area (Å²) in [5, 5.41) is 10.3. The average Bonchev–Trinajstić information content (AvgIpc) is 2.39. The highest BCUT2D eigenvalue weighted by molar-refractivity contribution is 6.31. The van der Waals surface area contributed by atoms with Gasteiger partial charge in [0.25, 0.3) is 0 Å². The minimum Gasteiger partial charge on any atom is -0.508 e. The highest BCUT2D eigenvalue weighted by Gasteiger charge is 2.09. The molecule has 0 radical (unpaired) electrons. The second kappa shape index (κ2) is 5.85. The van der Waals surface area contributed by atoms with Crippen molar-refractivity contribution in [3.8, 4) is 5.75 Å². The van der Waals surface area contributed by atoms with E-state index in [0.717, 1.165) is 17.8 Å². The third kappa shape index (κ3) is 3.32. The van der Waals surface area contributed by atoms with E-state index in [1.54, 1.807) is 18.2 Å². The van der Waals surface area contributed by atoms with Crippen LogP contribution in [-0.2, 0) is 6.54 Å². The Kier molecular flexibility index (Phi) is 4.17. The summed E-state index contributed by atoms with van der Waals surface area (Å²) in [6.45, 7) is 3.53. The maximum atomic E-state index is 9.55. The number of nitrogen functional groups attached to an aromatic ring is 1. The molecule has 0 heterocycles. The zero-order chi connectivity index (χ0) is 13.8. The fourth-order valence-corrected chi connectivity index (χ4v) is 2.17. The molecule has 0 saturated carbocycles. The molecule has 0 unspecified atom stereocenters. The van der Waals surface area contributed by atoms with Crippen LogP contribution in [0.1, 0.15) is 12.5 Å². The lowest BCUT2D eigenvalue weighted by atomic mass is 10.1. The summed E-state index contributed by atoms with van der Waals surface area (Å²) < 4.78 is 0. The standard InChI is InChI=1S/C15H17ClN2O/c1-2-18(13-4-3-5-14(19)9-13)10-11-8-12(17)6-7-15(11)16/h3-9,19H,2,10,17H2,1H3. The Morgan fingerprint density at radius 2 is 2.00 bits per heavy atom. The first kappa shape index (κ1) is 13.6. The predicted octanol–water partition coefficient (Wildman–Crippen LogP) is 3.65. The van der Waals surface area contributed by atoms with Crippen LogP contribution in [0.3, 0.4) is 0 Å². The van der Waals surface area contributed by atoms with Crippen molar-refractivity contribution in [1.29, 1.82) is 0 Å². The number of nitrogens with zero attached hydrogens (tertiary/aromatic N) is 1. The number of phenols is 1.